The van der Waals surface area contributed by atoms with Gasteiger partial charge in [-0.3, -0.25) is 4.79 Å². The third-order valence-electron chi connectivity index (χ3n) is 6.47. The van der Waals surface area contributed by atoms with Gasteiger partial charge in [0.2, 0.25) is 10.0 Å². The molecule has 2 saturated heterocycles. The zero-order valence-electron chi connectivity index (χ0n) is 17.8. The molecule has 0 bridgehead atoms. The van der Waals surface area contributed by atoms with E-state index in [0.717, 1.165) is 12.8 Å². The van der Waals surface area contributed by atoms with Gasteiger partial charge in [-0.15, -0.1) is 0 Å². The summed E-state index contributed by atoms with van der Waals surface area (Å²) in [6.45, 7) is 1.83. The van der Waals surface area contributed by atoms with Crippen LogP contribution in [0.25, 0.3) is 0 Å². The van der Waals surface area contributed by atoms with E-state index in [0.29, 0.717) is 49.8 Å². The minimum absolute atomic E-state index is 0.109. The molecular weight excluding hydrogens is 418 g/mol. The van der Waals surface area contributed by atoms with Crippen molar-refractivity contribution in [3.8, 4) is 6.07 Å². The second kappa shape index (κ2) is 8.22. The van der Waals surface area contributed by atoms with Gasteiger partial charge in [0, 0.05) is 38.5 Å². The molecule has 10 heteroatoms. The summed E-state index contributed by atoms with van der Waals surface area (Å²) in [4.78, 5) is 22.7. The standard InChI is InChI=1S/C21H27N5O4S/c1-24(2)17-7-10-25(11-8-17)20(27)19-13-21(30-23-19)9-12-26(15-21)31(28,29)18-5-3-16(14-22)4-6-18/h3-6,17H,7-13,15H2,1-2H3. The summed E-state index contributed by atoms with van der Waals surface area (Å²) in [5.41, 5.74) is -0.00449. The lowest BCUT2D eigenvalue weighted by atomic mass is 9.95. The van der Waals surface area contributed by atoms with Crippen molar-refractivity contribution < 1.29 is 18.0 Å². The lowest BCUT2D eigenvalue weighted by molar-refractivity contribution is -0.125. The fraction of sp³-hybridized carbons (Fsp3) is 0.571. The highest BCUT2D eigenvalue weighted by Crippen LogP contribution is 2.37. The SMILES string of the molecule is CN(C)C1CCN(C(=O)C2=NOC3(CCN(S(=O)(=O)c4ccc(C#N)cc4)C3)C2)CC1. The molecule has 1 atom stereocenters. The monoisotopic (exact) mass is 445 g/mol. The minimum atomic E-state index is -3.71. The minimum Gasteiger partial charge on any atom is -0.387 e. The Balaban J connectivity index is 1.38. The van der Waals surface area contributed by atoms with E-state index in [1.54, 1.807) is 0 Å². The van der Waals surface area contributed by atoms with Crippen LogP contribution in [0.3, 0.4) is 0 Å². The predicted octanol–water partition coefficient (Wildman–Crippen LogP) is 1.02. The number of nitriles is 1. The number of carbonyl (C=O) groups is 1. The molecule has 0 radical (unpaired) electrons. The van der Waals surface area contributed by atoms with Crippen molar-refractivity contribution >= 4 is 21.6 Å². The van der Waals surface area contributed by atoms with Crippen molar-refractivity contribution in [2.45, 2.75) is 42.2 Å². The van der Waals surface area contributed by atoms with Crippen molar-refractivity contribution in [1.29, 1.82) is 5.26 Å². The Morgan fingerprint density at radius 3 is 2.52 bits per heavy atom. The number of hydrogen-bond donors (Lipinski definition) is 0. The Kier molecular flexibility index (Phi) is 5.77. The molecule has 1 aromatic carbocycles. The summed E-state index contributed by atoms with van der Waals surface area (Å²) in [5.74, 6) is -0.109. The number of sulfonamides is 1. The largest absolute Gasteiger partial charge is 0.387 e. The quantitative estimate of drug-likeness (QED) is 0.685. The highest BCUT2D eigenvalue weighted by atomic mass is 32.2. The summed E-state index contributed by atoms with van der Waals surface area (Å²) in [6.07, 6.45) is 2.65. The van der Waals surface area contributed by atoms with Crippen LogP contribution in [0.15, 0.2) is 34.3 Å². The number of carbonyl (C=O) groups excluding carboxylic acids is 1. The second-order valence-electron chi connectivity index (χ2n) is 8.70. The molecule has 4 rings (SSSR count). The van der Waals surface area contributed by atoms with Gasteiger partial charge in [0.25, 0.3) is 5.91 Å². The van der Waals surface area contributed by atoms with E-state index in [1.807, 2.05) is 11.0 Å². The third kappa shape index (κ3) is 4.18. The Bertz CT molecular complexity index is 1020. The first-order valence-electron chi connectivity index (χ1n) is 10.5. The molecule has 1 unspecified atom stereocenters. The molecule has 0 aliphatic carbocycles. The molecule has 0 aromatic heterocycles. The number of rotatable bonds is 4. The van der Waals surface area contributed by atoms with Gasteiger partial charge in [-0.05, 0) is 51.2 Å². The van der Waals surface area contributed by atoms with Crippen molar-refractivity contribution in [3.05, 3.63) is 29.8 Å². The van der Waals surface area contributed by atoms with Crippen molar-refractivity contribution in [3.63, 3.8) is 0 Å². The average Bonchev–Trinajstić information content (AvgIpc) is 3.40. The van der Waals surface area contributed by atoms with Crippen LogP contribution in [0, 0.1) is 11.3 Å². The van der Waals surface area contributed by atoms with E-state index in [9.17, 15) is 13.2 Å². The van der Waals surface area contributed by atoms with Crippen LogP contribution in [0.5, 0.6) is 0 Å². The van der Waals surface area contributed by atoms with E-state index in [2.05, 4.69) is 24.2 Å². The maximum atomic E-state index is 13.0. The molecule has 1 aromatic rings. The van der Waals surface area contributed by atoms with Crippen LogP contribution >= 0.6 is 0 Å². The van der Waals surface area contributed by atoms with Gasteiger partial charge < -0.3 is 14.6 Å². The molecular formula is C21H27N5O4S. The van der Waals surface area contributed by atoms with E-state index in [1.165, 1.54) is 28.6 Å². The topological polar surface area (TPSA) is 106 Å². The number of benzene rings is 1. The molecule has 3 heterocycles. The van der Waals surface area contributed by atoms with Crippen molar-refractivity contribution in [2.75, 3.05) is 40.3 Å². The Morgan fingerprint density at radius 1 is 1.23 bits per heavy atom. The lowest BCUT2D eigenvalue weighted by Crippen LogP contribution is -2.47. The zero-order valence-corrected chi connectivity index (χ0v) is 18.6. The van der Waals surface area contributed by atoms with Gasteiger partial charge in [-0.25, -0.2) is 8.42 Å². The van der Waals surface area contributed by atoms with Crippen LogP contribution in [-0.2, 0) is 19.7 Å². The van der Waals surface area contributed by atoms with E-state index in [4.69, 9.17) is 10.1 Å². The summed E-state index contributed by atoms with van der Waals surface area (Å²) < 4.78 is 27.4. The van der Waals surface area contributed by atoms with E-state index < -0.39 is 15.6 Å². The van der Waals surface area contributed by atoms with Gasteiger partial charge in [0.15, 0.2) is 5.60 Å². The lowest BCUT2D eigenvalue weighted by Gasteiger charge is -2.35. The van der Waals surface area contributed by atoms with Crippen LogP contribution in [0.1, 0.15) is 31.2 Å². The molecule has 0 saturated carbocycles. The molecule has 3 aliphatic heterocycles. The van der Waals surface area contributed by atoms with Crippen molar-refractivity contribution in [1.82, 2.24) is 14.1 Å². The highest BCUT2D eigenvalue weighted by Gasteiger charge is 2.50. The van der Waals surface area contributed by atoms with Crippen LogP contribution in [-0.4, -0.2) is 86.1 Å². The molecule has 31 heavy (non-hydrogen) atoms. The molecule has 2 fully saturated rings. The Hall–Kier alpha value is -2.48. The van der Waals surface area contributed by atoms with Gasteiger partial charge in [0.05, 0.1) is 23.1 Å². The molecule has 166 valence electrons. The van der Waals surface area contributed by atoms with Crippen molar-refractivity contribution in [2.24, 2.45) is 5.16 Å². The number of nitrogens with zero attached hydrogens (tertiary/aromatic N) is 5. The van der Waals surface area contributed by atoms with E-state index in [-0.39, 0.29) is 17.3 Å². The number of piperidine rings is 1. The van der Waals surface area contributed by atoms with Crippen LogP contribution in [0.4, 0.5) is 0 Å². The second-order valence-corrected chi connectivity index (χ2v) is 10.6. The number of oxime groups is 1. The maximum absolute atomic E-state index is 13.0. The van der Waals surface area contributed by atoms with Gasteiger partial charge in [-0.1, -0.05) is 5.16 Å². The number of amides is 1. The zero-order chi connectivity index (χ0) is 22.2. The number of hydrogen-bond acceptors (Lipinski definition) is 7. The Morgan fingerprint density at radius 2 is 1.90 bits per heavy atom. The molecule has 1 spiro atoms. The summed E-state index contributed by atoms with van der Waals surface area (Å²) in [7, 11) is 0.402. The smallest absolute Gasteiger partial charge is 0.271 e. The van der Waals surface area contributed by atoms with Gasteiger partial charge in [-0.2, -0.15) is 9.57 Å². The van der Waals surface area contributed by atoms with Gasteiger partial charge >= 0.3 is 0 Å². The third-order valence-corrected chi connectivity index (χ3v) is 8.33. The highest BCUT2D eigenvalue weighted by molar-refractivity contribution is 7.89. The predicted molar refractivity (Wildman–Crippen MR) is 114 cm³/mol. The molecule has 9 nitrogen and oxygen atoms in total. The van der Waals surface area contributed by atoms with Gasteiger partial charge in [0.1, 0.15) is 5.71 Å². The maximum Gasteiger partial charge on any atom is 0.271 e. The average molecular weight is 446 g/mol. The molecule has 3 aliphatic rings. The van der Waals surface area contributed by atoms with Crippen LogP contribution < -0.4 is 0 Å². The first-order valence-corrected chi connectivity index (χ1v) is 11.9. The fourth-order valence-corrected chi connectivity index (χ4v) is 6.00. The number of likely N-dealkylation sites (tertiary alicyclic amines) is 1. The summed E-state index contributed by atoms with van der Waals surface area (Å²) >= 11 is 0. The first-order chi connectivity index (χ1) is 14.7. The van der Waals surface area contributed by atoms with E-state index >= 15 is 0 Å². The normalized spacial score (nSPS) is 25.0. The Labute approximate surface area is 182 Å². The summed E-state index contributed by atoms with van der Waals surface area (Å²) in [5, 5.41) is 13.0. The molecule has 0 N–H and O–H groups in total. The molecule has 1 amide bonds. The fourth-order valence-electron chi connectivity index (χ4n) is 4.49. The summed E-state index contributed by atoms with van der Waals surface area (Å²) in [6, 6.07) is 8.33. The first kappa shape index (κ1) is 21.7. The van der Waals surface area contributed by atoms with Crippen LogP contribution in [0.2, 0.25) is 0 Å².